The molecule has 7 heteroatoms. The van der Waals surface area contributed by atoms with Gasteiger partial charge in [0.25, 0.3) is 11.8 Å². The average molecular weight is 314 g/mol. The van der Waals surface area contributed by atoms with Crippen molar-refractivity contribution in [3.05, 3.63) is 47.8 Å². The van der Waals surface area contributed by atoms with Gasteiger partial charge in [-0.05, 0) is 24.3 Å². The van der Waals surface area contributed by atoms with Crippen LogP contribution in [0, 0.1) is 0 Å². The number of aromatic amines is 1. The van der Waals surface area contributed by atoms with Crippen molar-refractivity contribution in [1.29, 1.82) is 0 Å². The van der Waals surface area contributed by atoms with Crippen LogP contribution in [0.15, 0.2) is 36.5 Å². The number of nitrogens with one attached hydrogen (secondary N) is 1. The van der Waals surface area contributed by atoms with Gasteiger partial charge < -0.3 is 14.5 Å². The van der Waals surface area contributed by atoms with Gasteiger partial charge in [-0.15, -0.1) is 0 Å². The van der Waals surface area contributed by atoms with Crippen LogP contribution >= 0.6 is 0 Å². The molecule has 0 saturated carbocycles. The van der Waals surface area contributed by atoms with E-state index in [1.165, 1.54) is 0 Å². The molecular weight excluding hydrogens is 296 g/mol. The number of H-pyrrole nitrogens is 1. The third-order valence-electron chi connectivity index (χ3n) is 3.90. The Labute approximate surface area is 133 Å². The van der Waals surface area contributed by atoms with E-state index in [1.807, 2.05) is 0 Å². The summed E-state index contributed by atoms with van der Waals surface area (Å²) < 4.78 is 5.15. The van der Waals surface area contributed by atoms with Crippen molar-refractivity contribution in [3.8, 4) is 5.75 Å². The van der Waals surface area contributed by atoms with Crippen LogP contribution < -0.4 is 4.74 Å². The van der Waals surface area contributed by atoms with E-state index >= 15 is 0 Å². The zero-order chi connectivity index (χ0) is 16.2. The Morgan fingerprint density at radius 2 is 1.78 bits per heavy atom. The van der Waals surface area contributed by atoms with Crippen molar-refractivity contribution < 1.29 is 14.3 Å². The molecule has 2 heterocycles. The van der Waals surface area contributed by atoms with Gasteiger partial charge in [0.2, 0.25) is 0 Å². The van der Waals surface area contributed by atoms with Crippen LogP contribution in [0.1, 0.15) is 20.8 Å². The van der Waals surface area contributed by atoms with Crippen LogP contribution in [-0.2, 0) is 0 Å². The maximum absolute atomic E-state index is 12.5. The largest absolute Gasteiger partial charge is 0.497 e. The molecule has 1 fully saturated rings. The summed E-state index contributed by atoms with van der Waals surface area (Å²) in [6.07, 6.45) is 1.55. The molecule has 1 N–H and O–H groups in total. The number of aromatic nitrogens is 2. The lowest BCUT2D eigenvalue weighted by atomic mass is 10.1. The molecule has 0 atom stereocenters. The van der Waals surface area contributed by atoms with E-state index in [-0.39, 0.29) is 11.8 Å². The van der Waals surface area contributed by atoms with E-state index in [0.29, 0.717) is 43.2 Å². The molecule has 120 valence electrons. The molecule has 0 bridgehead atoms. The average Bonchev–Trinajstić information content (AvgIpc) is 3.15. The Bertz CT molecular complexity index is 691. The molecule has 1 saturated heterocycles. The summed E-state index contributed by atoms with van der Waals surface area (Å²) in [5, 5.41) is 6.46. The fraction of sp³-hybridized carbons (Fsp3) is 0.312. The standard InChI is InChI=1S/C16H18N4O3/c1-23-13-4-2-3-12(11-13)15(21)19-7-9-20(10-8-19)16(22)14-5-6-17-18-14/h2-6,11H,7-10H2,1H3,(H,17,18). The van der Waals surface area contributed by atoms with Gasteiger partial charge in [0.05, 0.1) is 7.11 Å². The third kappa shape index (κ3) is 3.18. The molecule has 1 aromatic carbocycles. The molecule has 2 amide bonds. The van der Waals surface area contributed by atoms with Gasteiger partial charge in [-0.3, -0.25) is 14.7 Å². The minimum absolute atomic E-state index is 0.0439. The van der Waals surface area contributed by atoms with Gasteiger partial charge >= 0.3 is 0 Å². The van der Waals surface area contributed by atoms with Crippen LogP contribution in [-0.4, -0.2) is 65.1 Å². The summed E-state index contributed by atoms with van der Waals surface area (Å²) >= 11 is 0. The molecule has 0 unspecified atom stereocenters. The number of hydrogen-bond acceptors (Lipinski definition) is 4. The van der Waals surface area contributed by atoms with Gasteiger partial charge in [0.1, 0.15) is 11.4 Å². The smallest absolute Gasteiger partial charge is 0.271 e. The fourth-order valence-electron chi connectivity index (χ4n) is 2.60. The predicted octanol–water partition coefficient (Wildman–Crippen LogP) is 1.02. The Balaban J connectivity index is 1.62. The zero-order valence-corrected chi connectivity index (χ0v) is 12.9. The molecule has 7 nitrogen and oxygen atoms in total. The summed E-state index contributed by atoms with van der Waals surface area (Å²) in [7, 11) is 1.57. The number of carbonyl (C=O) groups is 2. The predicted molar refractivity (Wildman–Crippen MR) is 83.4 cm³/mol. The normalized spacial score (nSPS) is 14.7. The molecule has 23 heavy (non-hydrogen) atoms. The van der Waals surface area contributed by atoms with Crippen molar-refractivity contribution in [2.45, 2.75) is 0 Å². The Morgan fingerprint density at radius 1 is 1.09 bits per heavy atom. The van der Waals surface area contributed by atoms with Crippen LogP contribution in [0.4, 0.5) is 0 Å². The Kier molecular flexibility index (Phi) is 4.27. The van der Waals surface area contributed by atoms with Gasteiger partial charge in [0.15, 0.2) is 0 Å². The lowest BCUT2D eigenvalue weighted by Gasteiger charge is -2.34. The van der Waals surface area contributed by atoms with E-state index in [4.69, 9.17) is 4.74 Å². The number of ether oxygens (including phenoxy) is 1. The summed E-state index contributed by atoms with van der Waals surface area (Å²) in [5.74, 6) is 0.525. The molecule has 0 radical (unpaired) electrons. The number of piperazine rings is 1. The SMILES string of the molecule is COc1cccc(C(=O)N2CCN(C(=O)c3ccn[nH]3)CC2)c1. The molecule has 0 aliphatic carbocycles. The maximum Gasteiger partial charge on any atom is 0.271 e. The molecule has 1 aliphatic rings. The summed E-state index contributed by atoms with van der Waals surface area (Å²) in [4.78, 5) is 28.2. The first-order valence-corrected chi connectivity index (χ1v) is 7.41. The highest BCUT2D eigenvalue weighted by atomic mass is 16.5. The molecule has 0 spiro atoms. The van der Waals surface area contributed by atoms with Crippen molar-refractivity contribution in [3.63, 3.8) is 0 Å². The minimum atomic E-state index is -0.0871. The van der Waals surface area contributed by atoms with Gasteiger partial charge in [-0.2, -0.15) is 5.10 Å². The number of methoxy groups -OCH3 is 1. The number of carbonyl (C=O) groups excluding carboxylic acids is 2. The van der Waals surface area contributed by atoms with Gasteiger partial charge in [-0.25, -0.2) is 0 Å². The summed E-state index contributed by atoms with van der Waals surface area (Å²) in [6.45, 7) is 2.03. The molecule has 2 aromatic rings. The monoisotopic (exact) mass is 314 g/mol. The summed E-state index contributed by atoms with van der Waals surface area (Å²) in [5.41, 5.74) is 1.07. The molecule has 1 aliphatic heterocycles. The van der Waals surface area contributed by atoms with Gasteiger partial charge in [-0.1, -0.05) is 6.07 Å². The van der Waals surface area contributed by atoms with Gasteiger partial charge in [0, 0.05) is 37.9 Å². The minimum Gasteiger partial charge on any atom is -0.497 e. The van der Waals surface area contributed by atoms with Crippen molar-refractivity contribution >= 4 is 11.8 Å². The number of rotatable bonds is 3. The summed E-state index contributed by atoms with van der Waals surface area (Å²) in [6, 6.07) is 8.75. The maximum atomic E-state index is 12.5. The molecular formula is C16H18N4O3. The first kappa shape index (κ1) is 15.1. The first-order chi connectivity index (χ1) is 11.2. The zero-order valence-electron chi connectivity index (χ0n) is 12.9. The fourth-order valence-corrected chi connectivity index (χ4v) is 2.60. The van der Waals surface area contributed by atoms with E-state index < -0.39 is 0 Å². The highest BCUT2D eigenvalue weighted by Gasteiger charge is 2.26. The number of amides is 2. The van der Waals surface area contributed by atoms with E-state index in [0.717, 1.165) is 0 Å². The van der Waals surface area contributed by atoms with Crippen LogP contribution in [0.25, 0.3) is 0 Å². The van der Waals surface area contributed by atoms with E-state index in [2.05, 4.69) is 10.2 Å². The Morgan fingerprint density at radius 3 is 2.39 bits per heavy atom. The van der Waals surface area contributed by atoms with Crippen molar-refractivity contribution in [2.24, 2.45) is 0 Å². The number of benzene rings is 1. The Hall–Kier alpha value is -2.83. The third-order valence-corrected chi connectivity index (χ3v) is 3.90. The quantitative estimate of drug-likeness (QED) is 0.917. The number of nitrogens with zero attached hydrogens (tertiary/aromatic N) is 3. The van der Waals surface area contributed by atoms with Crippen LogP contribution in [0.5, 0.6) is 5.75 Å². The van der Waals surface area contributed by atoms with E-state index in [9.17, 15) is 9.59 Å². The highest BCUT2D eigenvalue weighted by molar-refractivity contribution is 5.95. The lowest BCUT2D eigenvalue weighted by Crippen LogP contribution is -2.50. The lowest BCUT2D eigenvalue weighted by molar-refractivity contribution is 0.0532. The second-order valence-corrected chi connectivity index (χ2v) is 5.29. The molecule has 1 aromatic heterocycles. The topological polar surface area (TPSA) is 78.5 Å². The molecule has 3 rings (SSSR count). The highest BCUT2D eigenvalue weighted by Crippen LogP contribution is 2.16. The number of hydrogen-bond donors (Lipinski definition) is 1. The van der Waals surface area contributed by atoms with Crippen molar-refractivity contribution in [2.75, 3.05) is 33.3 Å². The van der Waals surface area contributed by atoms with Crippen LogP contribution in [0.3, 0.4) is 0 Å². The van der Waals surface area contributed by atoms with Crippen molar-refractivity contribution in [1.82, 2.24) is 20.0 Å². The van der Waals surface area contributed by atoms with E-state index in [1.54, 1.807) is 53.4 Å². The second-order valence-electron chi connectivity index (χ2n) is 5.29. The first-order valence-electron chi connectivity index (χ1n) is 7.41. The van der Waals surface area contributed by atoms with Crippen LogP contribution in [0.2, 0.25) is 0 Å². The second kappa shape index (κ2) is 6.51.